The molecule has 0 bridgehead atoms. The molecule has 3 nitrogen and oxygen atoms in total. The second kappa shape index (κ2) is 5.69. The molecule has 0 aliphatic heterocycles. The highest BCUT2D eigenvalue weighted by Gasteiger charge is 2.14. The fourth-order valence-corrected chi connectivity index (χ4v) is 2.47. The molecule has 4 heteroatoms. The molecular formula is C14H15NO2S. The second-order valence-corrected chi connectivity index (χ2v) is 4.90. The van der Waals surface area contributed by atoms with Gasteiger partial charge in [-0.15, -0.1) is 11.3 Å². The van der Waals surface area contributed by atoms with Crippen LogP contribution in [-0.4, -0.2) is 25.0 Å². The summed E-state index contributed by atoms with van der Waals surface area (Å²) in [6.07, 6.45) is 0. The van der Waals surface area contributed by atoms with Gasteiger partial charge in [0.25, 0.3) is 5.91 Å². The number of thiophene rings is 1. The van der Waals surface area contributed by atoms with Crippen molar-refractivity contribution < 1.29 is 9.53 Å². The van der Waals surface area contributed by atoms with E-state index >= 15 is 0 Å². The van der Waals surface area contributed by atoms with Gasteiger partial charge in [-0.05, 0) is 17.5 Å². The van der Waals surface area contributed by atoms with Crippen LogP contribution in [0.4, 0.5) is 0 Å². The number of amides is 1. The van der Waals surface area contributed by atoms with Gasteiger partial charge in [-0.25, -0.2) is 0 Å². The minimum absolute atomic E-state index is 0.0379. The second-order valence-electron chi connectivity index (χ2n) is 3.95. The Hall–Kier alpha value is -1.81. The average Bonchev–Trinajstić information content (AvgIpc) is 2.92. The van der Waals surface area contributed by atoms with Crippen LogP contribution in [-0.2, 0) is 6.54 Å². The van der Waals surface area contributed by atoms with Gasteiger partial charge in [0.2, 0.25) is 0 Å². The third-order valence-corrected chi connectivity index (χ3v) is 3.54. The predicted octanol–water partition coefficient (Wildman–Crippen LogP) is 3.03. The van der Waals surface area contributed by atoms with Gasteiger partial charge in [0.1, 0.15) is 5.75 Å². The van der Waals surface area contributed by atoms with Crippen LogP contribution < -0.4 is 4.74 Å². The summed E-state index contributed by atoms with van der Waals surface area (Å²) in [5.41, 5.74) is 1.01. The Morgan fingerprint density at radius 1 is 1.28 bits per heavy atom. The maximum absolute atomic E-state index is 12.1. The lowest BCUT2D eigenvalue weighted by Crippen LogP contribution is -2.25. The SMILES string of the molecule is COc1ccccc1CN(C)C(=O)c1cccs1. The molecule has 1 aromatic carbocycles. The van der Waals surface area contributed by atoms with Crippen molar-refractivity contribution in [2.75, 3.05) is 14.2 Å². The van der Waals surface area contributed by atoms with Gasteiger partial charge in [-0.3, -0.25) is 4.79 Å². The van der Waals surface area contributed by atoms with E-state index in [4.69, 9.17) is 4.74 Å². The molecular weight excluding hydrogens is 246 g/mol. The molecule has 0 saturated heterocycles. The van der Waals surface area contributed by atoms with Crippen molar-refractivity contribution in [2.24, 2.45) is 0 Å². The van der Waals surface area contributed by atoms with E-state index in [-0.39, 0.29) is 5.91 Å². The normalized spacial score (nSPS) is 10.1. The number of ether oxygens (including phenoxy) is 1. The summed E-state index contributed by atoms with van der Waals surface area (Å²) in [6.45, 7) is 0.542. The molecule has 1 aromatic heterocycles. The third kappa shape index (κ3) is 2.71. The first-order valence-electron chi connectivity index (χ1n) is 5.63. The van der Waals surface area contributed by atoms with E-state index in [0.29, 0.717) is 6.54 Å². The Labute approximate surface area is 111 Å². The Morgan fingerprint density at radius 3 is 2.72 bits per heavy atom. The summed E-state index contributed by atoms with van der Waals surface area (Å²) in [5.74, 6) is 0.847. The minimum atomic E-state index is 0.0379. The van der Waals surface area contributed by atoms with Gasteiger partial charge in [-0.1, -0.05) is 24.3 Å². The number of carbonyl (C=O) groups excluding carboxylic acids is 1. The molecule has 0 aliphatic rings. The van der Waals surface area contributed by atoms with Gasteiger partial charge >= 0.3 is 0 Å². The number of benzene rings is 1. The predicted molar refractivity (Wildman–Crippen MR) is 73.1 cm³/mol. The number of methoxy groups -OCH3 is 1. The van der Waals surface area contributed by atoms with Crippen LogP contribution in [0.5, 0.6) is 5.75 Å². The molecule has 2 rings (SSSR count). The summed E-state index contributed by atoms with van der Waals surface area (Å²) in [6, 6.07) is 11.5. The van der Waals surface area contributed by atoms with Crippen molar-refractivity contribution in [3.8, 4) is 5.75 Å². The lowest BCUT2D eigenvalue weighted by molar-refractivity contribution is 0.0789. The van der Waals surface area contributed by atoms with Crippen molar-refractivity contribution in [2.45, 2.75) is 6.54 Å². The molecule has 1 heterocycles. The van der Waals surface area contributed by atoms with E-state index in [1.165, 1.54) is 11.3 Å². The molecule has 94 valence electrons. The number of hydrogen-bond donors (Lipinski definition) is 0. The summed E-state index contributed by atoms with van der Waals surface area (Å²) in [4.78, 5) is 14.6. The summed E-state index contributed by atoms with van der Waals surface area (Å²) >= 11 is 1.46. The number of rotatable bonds is 4. The van der Waals surface area contributed by atoms with Crippen LogP contribution in [0.25, 0.3) is 0 Å². The molecule has 1 amide bonds. The summed E-state index contributed by atoms with van der Waals surface area (Å²) in [7, 11) is 3.44. The molecule has 0 unspecified atom stereocenters. The number of carbonyl (C=O) groups is 1. The van der Waals surface area contributed by atoms with E-state index in [1.54, 1.807) is 19.1 Å². The Balaban J connectivity index is 2.11. The standard InChI is InChI=1S/C14H15NO2S/c1-15(14(16)13-8-5-9-18-13)10-11-6-3-4-7-12(11)17-2/h3-9H,10H2,1-2H3. The van der Waals surface area contributed by atoms with Crippen molar-refractivity contribution >= 4 is 17.2 Å². The maximum Gasteiger partial charge on any atom is 0.263 e. The smallest absolute Gasteiger partial charge is 0.263 e. The van der Waals surface area contributed by atoms with E-state index in [1.807, 2.05) is 41.8 Å². The number of nitrogens with zero attached hydrogens (tertiary/aromatic N) is 1. The van der Waals surface area contributed by atoms with Crippen molar-refractivity contribution in [3.63, 3.8) is 0 Å². The fraction of sp³-hybridized carbons (Fsp3) is 0.214. The zero-order chi connectivity index (χ0) is 13.0. The van der Waals surface area contributed by atoms with Crippen molar-refractivity contribution in [1.82, 2.24) is 4.90 Å². The first-order chi connectivity index (χ1) is 8.72. The molecule has 18 heavy (non-hydrogen) atoms. The Morgan fingerprint density at radius 2 is 2.06 bits per heavy atom. The van der Waals surface area contributed by atoms with Gasteiger partial charge < -0.3 is 9.64 Å². The summed E-state index contributed by atoms with van der Waals surface area (Å²) < 4.78 is 5.28. The van der Waals surface area contributed by atoms with E-state index < -0.39 is 0 Å². The molecule has 2 aromatic rings. The largest absolute Gasteiger partial charge is 0.496 e. The van der Waals surface area contributed by atoms with E-state index in [0.717, 1.165) is 16.2 Å². The molecule has 0 aliphatic carbocycles. The molecule has 0 atom stereocenters. The highest BCUT2D eigenvalue weighted by atomic mass is 32.1. The highest BCUT2D eigenvalue weighted by Crippen LogP contribution is 2.20. The quantitative estimate of drug-likeness (QED) is 0.846. The average molecular weight is 261 g/mol. The zero-order valence-electron chi connectivity index (χ0n) is 10.4. The van der Waals surface area contributed by atoms with Crippen LogP contribution >= 0.6 is 11.3 Å². The topological polar surface area (TPSA) is 29.5 Å². The van der Waals surface area contributed by atoms with Gasteiger partial charge in [0.05, 0.1) is 12.0 Å². The lowest BCUT2D eigenvalue weighted by Gasteiger charge is -2.18. The highest BCUT2D eigenvalue weighted by molar-refractivity contribution is 7.12. The summed E-state index contributed by atoms with van der Waals surface area (Å²) in [5, 5.41) is 1.91. The maximum atomic E-state index is 12.1. The molecule has 0 fully saturated rings. The van der Waals surface area contributed by atoms with Crippen molar-refractivity contribution in [3.05, 3.63) is 52.2 Å². The van der Waals surface area contributed by atoms with Crippen LogP contribution in [0, 0.1) is 0 Å². The number of hydrogen-bond acceptors (Lipinski definition) is 3. The first kappa shape index (κ1) is 12.6. The zero-order valence-corrected chi connectivity index (χ0v) is 11.2. The third-order valence-electron chi connectivity index (χ3n) is 2.68. The van der Waals surface area contributed by atoms with E-state index in [9.17, 15) is 4.79 Å². The molecule has 0 spiro atoms. The van der Waals surface area contributed by atoms with Crippen LogP contribution in [0.3, 0.4) is 0 Å². The monoisotopic (exact) mass is 261 g/mol. The first-order valence-corrected chi connectivity index (χ1v) is 6.51. The molecule has 0 radical (unpaired) electrons. The van der Waals surface area contributed by atoms with Crippen molar-refractivity contribution in [1.29, 1.82) is 0 Å². The van der Waals surface area contributed by atoms with Crippen LogP contribution in [0.2, 0.25) is 0 Å². The molecule has 0 saturated carbocycles. The van der Waals surface area contributed by atoms with Gasteiger partial charge in [0.15, 0.2) is 0 Å². The molecule has 0 N–H and O–H groups in total. The number of para-hydroxylation sites is 1. The van der Waals surface area contributed by atoms with Gasteiger partial charge in [-0.2, -0.15) is 0 Å². The Bertz CT molecular complexity index is 522. The Kier molecular flexibility index (Phi) is 3.99. The van der Waals surface area contributed by atoms with Crippen LogP contribution in [0.15, 0.2) is 41.8 Å². The van der Waals surface area contributed by atoms with E-state index in [2.05, 4.69) is 0 Å². The minimum Gasteiger partial charge on any atom is -0.496 e. The lowest BCUT2D eigenvalue weighted by atomic mass is 10.2. The van der Waals surface area contributed by atoms with Gasteiger partial charge in [0, 0.05) is 19.2 Å². The fourth-order valence-electron chi connectivity index (χ4n) is 1.75. The van der Waals surface area contributed by atoms with Crippen LogP contribution in [0.1, 0.15) is 15.2 Å².